The predicted molar refractivity (Wildman–Crippen MR) is 39.3 cm³/mol. The molecule has 1 N–H and O–H groups in total. The number of ether oxygens (including phenoxy) is 1. The predicted octanol–water partition coefficient (Wildman–Crippen LogP) is 0.242. The van der Waals surface area contributed by atoms with Crippen molar-refractivity contribution in [2.24, 2.45) is 0 Å². The van der Waals surface area contributed by atoms with Crippen molar-refractivity contribution in [1.82, 2.24) is 4.90 Å². The van der Waals surface area contributed by atoms with E-state index in [1.807, 2.05) is 0 Å². The summed E-state index contributed by atoms with van der Waals surface area (Å²) >= 11 is 0. The summed E-state index contributed by atoms with van der Waals surface area (Å²) in [5, 5.41) is 8.52. The number of nitrogens with zero attached hydrogens (tertiary/aromatic N) is 1. The number of aliphatic hydroxyl groups is 1. The van der Waals surface area contributed by atoms with Gasteiger partial charge in [-0.25, -0.2) is 0 Å². The number of epoxide rings is 1. The molecule has 0 spiro atoms. The minimum absolute atomic E-state index is 0.0410. The van der Waals surface area contributed by atoms with Crippen LogP contribution in [-0.2, 0) is 4.74 Å². The van der Waals surface area contributed by atoms with Crippen LogP contribution in [0.3, 0.4) is 0 Å². The third-order valence-electron chi connectivity index (χ3n) is 1.68. The third-order valence-corrected chi connectivity index (χ3v) is 1.68. The van der Waals surface area contributed by atoms with Crippen molar-refractivity contribution in [3.63, 3.8) is 0 Å². The molecule has 1 atom stereocenters. The summed E-state index contributed by atoms with van der Waals surface area (Å²) in [5.41, 5.74) is 0. The first-order chi connectivity index (χ1) is 6.01. The molecule has 1 rings (SSSR count). The van der Waals surface area contributed by atoms with E-state index >= 15 is 0 Å². The Morgan fingerprint density at radius 2 is 2.08 bits per heavy atom. The zero-order chi connectivity index (χ0) is 9.90. The summed E-state index contributed by atoms with van der Waals surface area (Å²) in [6, 6.07) is 0. The number of alkyl halides is 3. The van der Waals surface area contributed by atoms with Crippen LogP contribution < -0.4 is 0 Å². The molecule has 13 heavy (non-hydrogen) atoms. The van der Waals surface area contributed by atoms with E-state index in [4.69, 9.17) is 9.84 Å². The van der Waals surface area contributed by atoms with Crippen LogP contribution in [0.5, 0.6) is 0 Å². The summed E-state index contributed by atoms with van der Waals surface area (Å²) in [6.07, 6.45) is -4.28. The van der Waals surface area contributed by atoms with Crippen molar-refractivity contribution in [3.05, 3.63) is 0 Å². The first kappa shape index (κ1) is 10.7. The van der Waals surface area contributed by atoms with E-state index in [2.05, 4.69) is 0 Å². The van der Waals surface area contributed by atoms with E-state index in [9.17, 15) is 13.2 Å². The fourth-order valence-corrected chi connectivity index (χ4v) is 1.09. The van der Waals surface area contributed by atoms with Gasteiger partial charge in [0.2, 0.25) is 0 Å². The first-order valence-electron chi connectivity index (χ1n) is 4.03. The van der Waals surface area contributed by atoms with Gasteiger partial charge in [0.1, 0.15) is 0 Å². The van der Waals surface area contributed by atoms with Gasteiger partial charge in [-0.3, -0.25) is 4.90 Å². The molecule has 0 amide bonds. The quantitative estimate of drug-likeness (QED) is 0.644. The highest BCUT2D eigenvalue weighted by Gasteiger charge is 2.33. The molecule has 0 radical (unpaired) electrons. The zero-order valence-corrected chi connectivity index (χ0v) is 7.05. The molecule has 1 saturated heterocycles. The highest BCUT2D eigenvalue weighted by atomic mass is 19.4. The second-order valence-electron chi connectivity index (χ2n) is 3.03. The smallest absolute Gasteiger partial charge is 0.395 e. The third kappa shape index (κ3) is 5.07. The van der Waals surface area contributed by atoms with E-state index in [1.54, 1.807) is 0 Å². The lowest BCUT2D eigenvalue weighted by molar-refractivity contribution is -0.147. The second-order valence-corrected chi connectivity index (χ2v) is 3.03. The Kier molecular flexibility index (Phi) is 3.52. The molecule has 3 nitrogen and oxygen atoms in total. The molecule has 1 aliphatic rings. The average Bonchev–Trinajstić information content (AvgIpc) is 2.68. The molecule has 0 aliphatic carbocycles. The lowest BCUT2D eigenvalue weighted by Gasteiger charge is -2.21. The number of hydrogen-bond donors (Lipinski definition) is 1. The lowest BCUT2D eigenvalue weighted by Crippen LogP contribution is -2.38. The Morgan fingerprint density at radius 3 is 2.46 bits per heavy atom. The second kappa shape index (κ2) is 4.26. The van der Waals surface area contributed by atoms with Crippen LogP contribution in [0, 0.1) is 0 Å². The Hall–Kier alpha value is -0.330. The molecule has 0 bridgehead atoms. The van der Waals surface area contributed by atoms with Crippen LogP contribution >= 0.6 is 0 Å². The summed E-state index contributed by atoms with van der Waals surface area (Å²) in [7, 11) is 0. The van der Waals surface area contributed by atoms with Gasteiger partial charge in [0.15, 0.2) is 0 Å². The van der Waals surface area contributed by atoms with Gasteiger partial charge in [-0.05, 0) is 0 Å². The van der Waals surface area contributed by atoms with Crippen LogP contribution in [0.4, 0.5) is 13.2 Å². The van der Waals surface area contributed by atoms with Crippen LogP contribution in [0.1, 0.15) is 0 Å². The van der Waals surface area contributed by atoms with Crippen LogP contribution in [0.15, 0.2) is 0 Å². The Labute approximate surface area is 74.1 Å². The Morgan fingerprint density at radius 1 is 1.46 bits per heavy atom. The summed E-state index contributed by atoms with van der Waals surface area (Å²) in [5.74, 6) is 0. The van der Waals surface area contributed by atoms with E-state index in [0.717, 1.165) is 4.90 Å². The summed E-state index contributed by atoms with van der Waals surface area (Å²) in [6.45, 7) is -0.421. The fourth-order valence-electron chi connectivity index (χ4n) is 1.09. The van der Waals surface area contributed by atoms with Crippen molar-refractivity contribution in [2.45, 2.75) is 12.3 Å². The highest BCUT2D eigenvalue weighted by molar-refractivity contribution is 4.75. The van der Waals surface area contributed by atoms with Gasteiger partial charge in [0.05, 0.1) is 25.9 Å². The summed E-state index contributed by atoms with van der Waals surface area (Å²) in [4.78, 5) is 1.15. The Balaban J connectivity index is 2.27. The fraction of sp³-hybridized carbons (Fsp3) is 1.00. The standard InChI is InChI=1S/C7H12F3NO2/c8-7(9,10)5-11(1-2-12)3-6-4-13-6/h6,12H,1-5H2. The van der Waals surface area contributed by atoms with Gasteiger partial charge in [-0.15, -0.1) is 0 Å². The normalized spacial score (nSPS) is 22.4. The monoisotopic (exact) mass is 199 g/mol. The molecule has 1 unspecified atom stereocenters. The van der Waals surface area contributed by atoms with E-state index in [-0.39, 0.29) is 25.8 Å². The van der Waals surface area contributed by atoms with Gasteiger partial charge in [0.25, 0.3) is 0 Å². The van der Waals surface area contributed by atoms with E-state index < -0.39 is 12.7 Å². The number of hydrogen-bond acceptors (Lipinski definition) is 3. The maximum Gasteiger partial charge on any atom is 0.401 e. The SMILES string of the molecule is OCCN(CC1CO1)CC(F)(F)F. The van der Waals surface area contributed by atoms with Gasteiger partial charge in [0, 0.05) is 13.1 Å². The van der Waals surface area contributed by atoms with E-state index in [0.29, 0.717) is 6.61 Å². The topological polar surface area (TPSA) is 36.0 Å². The van der Waals surface area contributed by atoms with Crippen LogP contribution in [0.25, 0.3) is 0 Å². The minimum Gasteiger partial charge on any atom is -0.395 e. The van der Waals surface area contributed by atoms with Crippen molar-refractivity contribution in [2.75, 3.05) is 32.8 Å². The van der Waals surface area contributed by atoms with Gasteiger partial charge < -0.3 is 9.84 Å². The molecule has 0 aromatic carbocycles. The highest BCUT2D eigenvalue weighted by Crippen LogP contribution is 2.18. The molecule has 1 aliphatic heterocycles. The average molecular weight is 199 g/mol. The molecule has 0 aromatic heterocycles. The molecule has 0 aromatic rings. The maximum atomic E-state index is 11.9. The van der Waals surface area contributed by atoms with Crippen LogP contribution in [-0.4, -0.2) is 55.1 Å². The van der Waals surface area contributed by atoms with Gasteiger partial charge in [-0.2, -0.15) is 13.2 Å². The minimum atomic E-state index is -4.20. The molecule has 78 valence electrons. The van der Waals surface area contributed by atoms with Crippen molar-refractivity contribution in [3.8, 4) is 0 Å². The zero-order valence-electron chi connectivity index (χ0n) is 7.05. The van der Waals surface area contributed by atoms with Crippen molar-refractivity contribution >= 4 is 0 Å². The van der Waals surface area contributed by atoms with Gasteiger partial charge in [-0.1, -0.05) is 0 Å². The number of rotatable bonds is 5. The van der Waals surface area contributed by atoms with E-state index in [1.165, 1.54) is 0 Å². The largest absolute Gasteiger partial charge is 0.401 e. The summed E-state index contributed by atoms with van der Waals surface area (Å²) < 4.78 is 40.6. The molecule has 1 heterocycles. The Bertz CT molecular complexity index is 158. The van der Waals surface area contributed by atoms with Crippen molar-refractivity contribution in [1.29, 1.82) is 0 Å². The molecular formula is C7H12F3NO2. The lowest BCUT2D eigenvalue weighted by atomic mass is 10.4. The van der Waals surface area contributed by atoms with Gasteiger partial charge >= 0.3 is 6.18 Å². The van der Waals surface area contributed by atoms with Crippen LogP contribution in [0.2, 0.25) is 0 Å². The van der Waals surface area contributed by atoms with Crippen molar-refractivity contribution < 1.29 is 23.0 Å². The molecule has 0 saturated carbocycles. The number of halogens is 3. The maximum absolute atomic E-state index is 11.9. The molecule has 1 fully saturated rings. The molecular weight excluding hydrogens is 187 g/mol. The number of aliphatic hydroxyl groups excluding tert-OH is 1. The first-order valence-corrected chi connectivity index (χ1v) is 4.03. The molecule has 6 heteroatoms.